The molecule has 0 aromatic carbocycles. The van der Waals surface area contributed by atoms with Gasteiger partial charge in [0.15, 0.2) is 5.82 Å². The minimum absolute atomic E-state index is 0.00542. The average Bonchev–Trinajstić information content (AvgIpc) is 3.33. The number of amides is 2. The normalized spacial score (nSPS) is 21.2. The first-order valence-corrected chi connectivity index (χ1v) is 8.98. The van der Waals surface area contributed by atoms with Gasteiger partial charge in [-0.1, -0.05) is 0 Å². The van der Waals surface area contributed by atoms with Gasteiger partial charge < -0.3 is 10.2 Å². The standard InChI is InChI=1S/C19H21N5O/c1-12-10-13(6-8-20-12)16-4-5-17-18(22-16)24(15-7-9-23(17)11-15)19(25)21-14-2-3-14/h4-6,8,10,14-15H,2-3,7,9,11H2,1H3,(H,21,25)/t15-/m0/s1. The molecule has 128 valence electrons. The van der Waals surface area contributed by atoms with Gasteiger partial charge in [0.25, 0.3) is 0 Å². The van der Waals surface area contributed by atoms with Crippen molar-refractivity contribution in [2.75, 3.05) is 22.9 Å². The Morgan fingerprint density at radius 3 is 2.92 bits per heavy atom. The Hall–Kier alpha value is -2.63. The third kappa shape index (κ3) is 2.52. The van der Waals surface area contributed by atoms with Gasteiger partial charge in [0.2, 0.25) is 0 Å². The molecule has 0 radical (unpaired) electrons. The largest absolute Gasteiger partial charge is 0.366 e. The van der Waals surface area contributed by atoms with E-state index in [1.165, 1.54) is 0 Å². The van der Waals surface area contributed by atoms with Crippen LogP contribution in [0, 0.1) is 6.92 Å². The molecule has 0 spiro atoms. The molecule has 6 heteroatoms. The molecule has 1 aliphatic carbocycles. The van der Waals surface area contributed by atoms with Crippen LogP contribution in [-0.2, 0) is 0 Å². The zero-order chi connectivity index (χ0) is 17.0. The Bertz CT molecular complexity index is 847. The van der Waals surface area contributed by atoms with Gasteiger partial charge in [-0.2, -0.15) is 0 Å². The number of aryl methyl sites for hydroxylation is 1. The smallest absolute Gasteiger partial charge is 0.323 e. The summed E-state index contributed by atoms with van der Waals surface area (Å²) in [5.74, 6) is 0.791. The molecule has 4 heterocycles. The number of aromatic nitrogens is 2. The molecular weight excluding hydrogens is 314 g/mol. The van der Waals surface area contributed by atoms with E-state index in [0.29, 0.717) is 6.04 Å². The maximum absolute atomic E-state index is 12.8. The number of nitrogens with zero attached hydrogens (tertiary/aromatic N) is 4. The first kappa shape index (κ1) is 14.7. The summed E-state index contributed by atoms with van der Waals surface area (Å²) in [5.41, 5.74) is 3.94. The summed E-state index contributed by atoms with van der Waals surface area (Å²) in [6, 6.07) is 8.71. The van der Waals surface area contributed by atoms with Crippen molar-refractivity contribution in [3.8, 4) is 11.3 Å². The molecule has 1 atom stereocenters. The number of fused-ring (bicyclic) bond motifs is 4. The van der Waals surface area contributed by atoms with Crippen molar-refractivity contribution in [1.82, 2.24) is 15.3 Å². The van der Waals surface area contributed by atoms with Crippen molar-refractivity contribution in [1.29, 1.82) is 0 Å². The van der Waals surface area contributed by atoms with Crippen LogP contribution in [-0.4, -0.2) is 41.2 Å². The average molecular weight is 335 g/mol. The van der Waals surface area contributed by atoms with E-state index in [1.807, 2.05) is 30.0 Å². The number of nitrogens with one attached hydrogen (secondary N) is 1. The Kier molecular flexibility index (Phi) is 3.20. The summed E-state index contributed by atoms with van der Waals surface area (Å²) in [5, 5.41) is 3.13. The number of hydrogen-bond acceptors (Lipinski definition) is 4. The Morgan fingerprint density at radius 1 is 1.24 bits per heavy atom. The van der Waals surface area contributed by atoms with Crippen LogP contribution in [0.1, 0.15) is 25.0 Å². The van der Waals surface area contributed by atoms with Crippen LogP contribution in [0.4, 0.5) is 16.3 Å². The van der Waals surface area contributed by atoms with Crippen molar-refractivity contribution in [3.05, 3.63) is 36.2 Å². The highest BCUT2D eigenvalue weighted by molar-refractivity contribution is 5.97. The number of rotatable bonds is 2. The summed E-state index contributed by atoms with van der Waals surface area (Å²) in [4.78, 5) is 26.2. The molecule has 25 heavy (non-hydrogen) atoms. The van der Waals surface area contributed by atoms with Gasteiger partial charge in [0.05, 0.1) is 17.4 Å². The lowest BCUT2D eigenvalue weighted by Crippen LogP contribution is -2.51. The van der Waals surface area contributed by atoms with E-state index >= 15 is 0 Å². The number of anilines is 2. The van der Waals surface area contributed by atoms with Crippen LogP contribution < -0.4 is 15.1 Å². The van der Waals surface area contributed by atoms with Gasteiger partial charge in [-0.05, 0) is 50.5 Å². The van der Waals surface area contributed by atoms with Gasteiger partial charge >= 0.3 is 6.03 Å². The summed E-state index contributed by atoms with van der Waals surface area (Å²) < 4.78 is 0. The zero-order valence-corrected chi connectivity index (χ0v) is 14.3. The van der Waals surface area contributed by atoms with Crippen LogP contribution in [0.2, 0.25) is 0 Å². The van der Waals surface area contributed by atoms with Gasteiger partial charge in [-0.25, -0.2) is 9.78 Å². The highest BCUT2D eigenvalue weighted by atomic mass is 16.2. The lowest BCUT2D eigenvalue weighted by Gasteiger charge is -2.36. The fourth-order valence-electron chi connectivity index (χ4n) is 3.81. The van der Waals surface area contributed by atoms with E-state index < -0.39 is 0 Å². The van der Waals surface area contributed by atoms with Crippen molar-refractivity contribution in [3.63, 3.8) is 0 Å². The van der Waals surface area contributed by atoms with Crippen molar-refractivity contribution >= 4 is 17.5 Å². The van der Waals surface area contributed by atoms with Crippen LogP contribution in [0.3, 0.4) is 0 Å². The first-order chi connectivity index (χ1) is 12.2. The minimum Gasteiger partial charge on any atom is -0.366 e. The summed E-state index contributed by atoms with van der Waals surface area (Å²) >= 11 is 0. The van der Waals surface area contributed by atoms with Crippen LogP contribution >= 0.6 is 0 Å². The zero-order valence-electron chi connectivity index (χ0n) is 14.3. The van der Waals surface area contributed by atoms with Gasteiger partial charge in [-0.15, -0.1) is 0 Å². The van der Waals surface area contributed by atoms with Crippen molar-refractivity contribution in [2.24, 2.45) is 0 Å². The quantitative estimate of drug-likeness (QED) is 0.917. The number of urea groups is 1. The third-order valence-corrected chi connectivity index (χ3v) is 5.27. The molecule has 3 aliphatic rings. The predicted molar refractivity (Wildman–Crippen MR) is 96.9 cm³/mol. The van der Waals surface area contributed by atoms with E-state index in [2.05, 4.69) is 21.3 Å². The maximum atomic E-state index is 12.8. The molecule has 2 bridgehead atoms. The molecule has 5 rings (SSSR count). The monoisotopic (exact) mass is 335 g/mol. The fraction of sp³-hybridized carbons (Fsp3) is 0.421. The van der Waals surface area contributed by atoms with Crippen molar-refractivity contribution in [2.45, 2.75) is 38.3 Å². The topological polar surface area (TPSA) is 61.4 Å². The molecule has 2 amide bonds. The Morgan fingerprint density at radius 2 is 2.12 bits per heavy atom. The molecule has 1 saturated heterocycles. The summed E-state index contributed by atoms with van der Waals surface area (Å²) in [7, 11) is 0. The van der Waals surface area contributed by atoms with Gasteiger partial charge in [0.1, 0.15) is 0 Å². The number of carbonyl (C=O) groups excluding carboxylic acids is 1. The van der Waals surface area contributed by atoms with Gasteiger partial charge in [-0.3, -0.25) is 9.88 Å². The number of carbonyl (C=O) groups is 1. The van der Waals surface area contributed by atoms with Crippen LogP contribution in [0.15, 0.2) is 30.5 Å². The van der Waals surface area contributed by atoms with Crippen molar-refractivity contribution < 1.29 is 4.79 Å². The molecule has 2 aromatic heterocycles. The molecule has 2 aromatic rings. The summed E-state index contributed by atoms with van der Waals surface area (Å²) in [6.07, 6.45) is 4.98. The molecule has 0 unspecified atom stereocenters. The Labute approximate surface area is 146 Å². The number of hydrogen-bond donors (Lipinski definition) is 1. The molecule has 2 fully saturated rings. The molecule has 2 aliphatic heterocycles. The Balaban J connectivity index is 1.57. The molecule has 1 N–H and O–H groups in total. The molecule has 6 nitrogen and oxygen atoms in total. The van der Waals surface area contributed by atoms with E-state index in [9.17, 15) is 4.79 Å². The van der Waals surface area contributed by atoms with E-state index in [1.54, 1.807) is 6.20 Å². The van der Waals surface area contributed by atoms with Crippen LogP contribution in [0.5, 0.6) is 0 Å². The van der Waals surface area contributed by atoms with Crippen LogP contribution in [0.25, 0.3) is 11.3 Å². The summed E-state index contributed by atoms with van der Waals surface area (Å²) in [6.45, 7) is 3.87. The van der Waals surface area contributed by atoms with E-state index in [0.717, 1.165) is 60.8 Å². The van der Waals surface area contributed by atoms with E-state index in [4.69, 9.17) is 4.98 Å². The molecule has 1 saturated carbocycles. The SMILES string of the molecule is Cc1cc(-c2ccc3c(n2)N(C(=O)NC2CC2)[C@H]2CCN3C2)ccn1. The predicted octanol–water partition coefficient (Wildman–Crippen LogP) is 2.72. The maximum Gasteiger partial charge on any atom is 0.323 e. The minimum atomic E-state index is 0.00542. The highest BCUT2D eigenvalue weighted by Crippen LogP contribution is 2.40. The third-order valence-electron chi connectivity index (χ3n) is 5.27. The fourth-order valence-corrected chi connectivity index (χ4v) is 3.81. The van der Waals surface area contributed by atoms with Gasteiger partial charge in [0, 0.05) is 36.6 Å². The lowest BCUT2D eigenvalue weighted by atomic mass is 10.1. The van der Waals surface area contributed by atoms with E-state index in [-0.39, 0.29) is 12.1 Å². The number of pyridine rings is 2. The lowest BCUT2D eigenvalue weighted by molar-refractivity contribution is 0.243. The first-order valence-electron chi connectivity index (χ1n) is 8.98. The second-order valence-electron chi connectivity index (χ2n) is 7.21. The highest BCUT2D eigenvalue weighted by Gasteiger charge is 2.41. The molecular formula is C19H21N5O. The second-order valence-corrected chi connectivity index (χ2v) is 7.21. The second kappa shape index (κ2) is 5.44.